The predicted molar refractivity (Wildman–Crippen MR) is 131 cm³/mol. The average molecular weight is 486 g/mol. The molecule has 1 fully saturated rings. The van der Waals surface area contributed by atoms with E-state index in [1.54, 1.807) is 18.9 Å². The number of carbonyl (C=O) groups excluding carboxylic acids is 2. The number of ether oxygens (including phenoxy) is 3. The van der Waals surface area contributed by atoms with Crippen LogP contribution in [0.1, 0.15) is 63.1 Å². The minimum atomic E-state index is -0.439. The lowest BCUT2D eigenvalue weighted by Crippen LogP contribution is -2.43. The average Bonchev–Trinajstić information content (AvgIpc) is 2.82. The monoisotopic (exact) mass is 485 g/mol. The number of fused-ring (bicyclic) bond motifs is 3. The zero-order chi connectivity index (χ0) is 25.3. The third-order valence-electron chi connectivity index (χ3n) is 7.14. The zero-order valence-corrected chi connectivity index (χ0v) is 21.3. The summed E-state index contributed by atoms with van der Waals surface area (Å²) < 4.78 is 22.8. The maximum Gasteiger partial charge on any atom is 0.339 e. The Hall–Kier alpha value is -3.03. The fraction of sp³-hybridized carbons (Fsp3) is 0.593. The van der Waals surface area contributed by atoms with Gasteiger partial charge in [0.1, 0.15) is 22.7 Å². The number of benzene rings is 1. The molecule has 0 bridgehead atoms. The Balaban J connectivity index is 1.58. The Labute approximate surface area is 205 Å². The number of hydrogen-bond donors (Lipinski definition) is 0. The molecule has 0 unspecified atom stereocenters. The van der Waals surface area contributed by atoms with Crippen LogP contribution in [0.5, 0.6) is 11.5 Å². The van der Waals surface area contributed by atoms with Crippen molar-refractivity contribution in [1.29, 1.82) is 0 Å². The molecule has 4 rings (SSSR count). The van der Waals surface area contributed by atoms with Gasteiger partial charge in [0.15, 0.2) is 0 Å². The standard InChI is InChI=1S/C27H35NO7/c1-6-33-25(30)17-8-7-13-28(15-17)22(29)10-9-18-16(2)23-21(32-5)14-20-19(24(23)34-26(18)31)11-12-27(3,4)35-20/h14,17H,6-13,15H2,1-5H3/t17-/m1/s1. The topological polar surface area (TPSA) is 95.3 Å². The molecule has 0 spiro atoms. The van der Waals surface area contributed by atoms with Crippen LogP contribution in [0.25, 0.3) is 11.0 Å². The third-order valence-corrected chi connectivity index (χ3v) is 7.14. The highest BCUT2D eigenvalue weighted by Crippen LogP contribution is 2.43. The quantitative estimate of drug-likeness (QED) is 0.452. The lowest BCUT2D eigenvalue weighted by molar-refractivity contribution is -0.151. The molecule has 8 nitrogen and oxygen atoms in total. The molecular weight excluding hydrogens is 450 g/mol. The number of methoxy groups -OCH3 is 1. The number of esters is 1. The summed E-state index contributed by atoms with van der Waals surface area (Å²) in [6, 6.07) is 1.86. The van der Waals surface area contributed by atoms with Crippen molar-refractivity contribution in [2.75, 3.05) is 26.8 Å². The van der Waals surface area contributed by atoms with Crippen LogP contribution >= 0.6 is 0 Å². The largest absolute Gasteiger partial charge is 0.496 e. The Kier molecular flexibility index (Phi) is 7.10. The minimum Gasteiger partial charge on any atom is -0.496 e. The molecule has 1 amide bonds. The Morgan fingerprint density at radius 3 is 2.77 bits per heavy atom. The van der Waals surface area contributed by atoms with Gasteiger partial charge in [0.25, 0.3) is 0 Å². The van der Waals surface area contributed by atoms with E-state index >= 15 is 0 Å². The van der Waals surface area contributed by atoms with Gasteiger partial charge in [-0.15, -0.1) is 0 Å². The summed E-state index contributed by atoms with van der Waals surface area (Å²) in [5, 5.41) is 0.747. The highest BCUT2D eigenvalue weighted by atomic mass is 16.5. The van der Waals surface area contributed by atoms with Crippen molar-refractivity contribution in [1.82, 2.24) is 4.90 Å². The molecule has 2 aliphatic rings. The fourth-order valence-electron chi connectivity index (χ4n) is 5.18. The second kappa shape index (κ2) is 9.91. The van der Waals surface area contributed by atoms with E-state index in [4.69, 9.17) is 18.6 Å². The van der Waals surface area contributed by atoms with Gasteiger partial charge < -0.3 is 23.5 Å². The van der Waals surface area contributed by atoms with Gasteiger partial charge in [-0.2, -0.15) is 0 Å². The number of hydrogen-bond acceptors (Lipinski definition) is 7. The van der Waals surface area contributed by atoms with Gasteiger partial charge in [0.2, 0.25) is 5.91 Å². The summed E-state index contributed by atoms with van der Waals surface area (Å²) in [5.41, 5.74) is 1.87. The molecular formula is C27H35NO7. The van der Waals surface area contributed by atoms with E-state index in [0.29, 0.717) is 42.3 Å². The molecule has 8 heteroatoms. The minimum absolute atomic E-state index is 0.0778. The first-order chi connectivity index (χ1) is 16.6. The van der Waals surface area contributed by atoms with Crippen LogP contribution < -0.4 is 15.1 Å². The molecule has 35 heavy (non-hydrogen) atoms. The highest BCUT2D eigenvalue weighted by molar-refractivity contribution is 5.92. The van der Waals surface area contributed by atoms with Crippen molar-refractivity contribution in [2.24, 2.45) is 5.92 Å². The van der Waals surface area contributed by atoms with Crippen LogP contribution in [0.2, 0.25) is 0 Å². The Morgan fingerprint density at radius 1 is 1.29 bits per heavy atom. The van der Waals surface area contributed by atoms with Gasteiger partial charge in [-0.05, 0) is 65.4 Å². The molecule has 0 saturated carbocycles. The molecule has 190 valence electrons. The van der Waals surface area contributed by atoms with Crippen LogP contribution in [0, 0.1) is 12.8 Å². The fourth-order valence-corrected chi connectivity index (χ4v) is 5.18. The van der Waals surface area contributed by atoms with E-state index in [0.717, 1.165) is 42.2 Å². The van der Waals surface area contributed by atoms with E-state index in [9.17, 15) is 14.4 Å². The van der Waals surface area contributed by atoms with Crippen LogP contribution in [0.15, 0.2) is 15.3 Å². The highest BCUT2D eigenvalue weighted by Gasteiger charge is 2.32. The van der Waals surface area contributed by atoms with Gasteiger partial charge in [-0.25, -0.2) is 4.79 Å². The van der Waals surface area contributed by atoms with E-state index in [-0.39, 0.29) is 36.2 Å². The third kappa shape index (κ3) is 5.02. The number of piperidine rings is 1. The van der Waals surface area contributed by atoms with E-state index < -0.39 is 5.63 Å². The van der Waals surface area contributed by atoms with E-state index in [2.05, 4.69) is 0 Å². The lowest BCUT2D eigenvalue weighted by atomic mass is 9.91. The van der Waals surface area contributed by atoms with Gasteiger partial charge in [0, 0.05) is 36.7 Å². The molecule has 2 aliphatic heterocycles. The van der Waals surface area contributed by atoms with E-state index in [1.807, 2.05) is 26.8 Å². The summed E-state index contributed by atoms with van der Waals surface area (Å²) in [7, 11) is 1.58. The molecule has 1 aromatic heterocycles. The molecule has 0 aliphatic carbocycles. The van der Waals surface area contributed by atoms with Crippen molar-refractivity contribution < 1.29 is 28.2 Å². The Bertz CT molecular complexity index is 1200. The number of likely N-dealkylation sites (tertiary alicyclic amines) is 1. The first kappa shape index (κ1) is 25.1. The van der Waals surface area contributed by atoms with Gasteiger partial charge in [0.05, 0.1) is 25.0 Å². The summed E-state index contributed by atoms with van der Waals surface area (Å²) in [4.78, 5) is 39.8. The van der Waals surface area contributed by atoms with Crippen molar-refractivity contribution in [3.05, 3.63) is 33.2 Å². The van der Waals surface area contributed by atoms with E-state index in [1.165, 1.54) is 0 Å². The van der Waals surface area contributed by atoms with Crippen LogP contribution in [-0.4, -0.2) is 49.2 Å². The normalized spacial score (nSPS) is 19.1. The van der Waals surface area contributed by atoms with Crippen molar-refractivity contribution >= 4 is 22.8 Å². The SMILES string of the molecule is CCOC(=O)[C@@H]1CCCN(C(=O)CCc2c(C)c3c(OC)cc4c(c3oc2=O)CCC(C)(C)O4)C1. The summed E-state index contributed by atoms with van der Waals surface area (Å²) in [6.45, 7) is 9.02. The van der Waals surface area contributed by atoms with Crippen molar-refractivity contribution in [3.63, 3.8) is 0 Å². The smallest absolute Gasteiger partial charge is 0.339 e. The number of carbonyl (C=O) groups is 2. The molecule has 1 saturated heterocycles. The van der Waals surface area contributed by atoms with Crippen LogP contribution in [-0.2, 0) is 27.2 Å². The summed E-state index contributed by atoms with van der Waals surface area (Å²) in [5.74, 6) is 0.642. The summed E-state index contributed by atoms with van der Waals surface area (Å²) >= 11 is 0. The molecule has 0 radical (unpaired) electrons. The molecule has 0 N–H and O–H groups in total. The van der Waals surface area contributed by atoms with Gasteiger partial charge >= 0.3 is 11.6 Å². The number of rotatable bonds is 6. The first-order valence-corrected chi connectivity index (χ1v) is 12.4. The molecule has 1 atom stereocenters. The molecule has 1 aromatic carbocycles. The summed E-state index contributed by atoms with van der Waals surface area (Å²) in [6.07, 6.45) is 3.45. The van der Waals surface area contributed by atoms with Crippen LogP contribution in [0.4, 0.5) is 0 Å². The van der Waals surface area contributed by atoms with Crippen molar-refractivity contribution in [2.45, 2.75) is 71.8 Å². The first-order valence-electron chi connectivity index (χ1n) is 12.4. The molecule has 3 heterocycles. The lowest BCUT2D eigenvalue weighted by Gasteiger charge is -2.33. The van der Waals surface area contributed by atoms with Crippen molar-refractivity contribution in [3.8, 4) is 11.5 Å². The predicted octanol–water partition coefficient (Wildman–Crippen LogP) is 3.95. The second-order valence-corrected chi connectivity index (χ2v) is 10.0. The number of aryl methyl sites for hydroxylation is 2. The van der Waals surface area contributed by atoms with Crippen LogP contribution in [0.3, 0.4) is 0 Å². The molecule has 2 aromatic rings. The Morgan fingerprint density at radius 2 is 2.06 bits per heavy atom. The van der Waals surface area contributed by atoms with Gasteiger partial charge in [-0.1, -0.05) is 0 Å². The second-order valence-electron chi connectivity index (χ2n) is 10.0. The number of amides is 1. The maximum atomic E-state index is 13.0. The number of nitrogens with zero attached hydrogens (tertiary/aromatic N) is 1. The van der Waals surface area contributed by atoms with Gasteiger partial charge in [-0.3, -0.25) is 9.59 Å². The zero-order valence-electron chi connectivity index (χ0n) is 21.3. The maximum absolute atomic E-state index is 13.0.